The average molecular weight is 278 g/mol. The van der Waals surface area contributed by atoms with Crippen LogP contribution in [0.25, 0.3) is 0 Å². The van der Waals surface area contributed by atoms with E-state index in [1.165, 1.54) is 0 Å². The van der Waals surface area contributed by atoms with Crippen LogP contribution in [0.3, 0.4) is 0 Å². The lowest BCUT2D eigenvalue weighted by atomic mass is 10.2. The molecule has 7 heteroatoms. The number of fused-ring (bicyclic) bond motifs is 1. The number of rotatable bonds is 2. The first kappa shape index (κ1) is 13.2. The van der Waals surface area contributed by atoms with Crippen LogP contribution < -0.4 is 26.0 Å². The first-order chi connectivity index (χ1) is 9.58. The number of hydrogen-bond donors (Lipinski definition) is 3. The molecule has 110 valence electrons. The first-order valence-corrected chi connectivity index (χ1v) is 7.11. The molecule has 3 heterocycles. The van der Waals surface area contributed by atoms with Crippen LogP contribution in [0, 0.1) is 0 Å². The lowest BCUT2D eigenvalue weighted by molar-refractivity contribution is 0.192. The molecule has 3 rings (SSSR count). The highest BCUT2D eigenvalue weighted by atomic mass is 16.5. The van der Waals surface area contributed by atoms with Crippen LogP contribution in [0.15, 0.2) is 0 Å². The molecule has 3 atom stereocenters. The van der Waals surface area contributed by atoms with Gasteiger partial charge in [-0.1, -0.05) is 0 Å². The minimum Gasteiger partial charge on any atom is -0.481 e. The van der Waals surface area contributed by atoms with Crippen molar-refractivity contribution in [2.45, 2.75) is 38.5 Å². The second-order valence-corrected chi connectivity index (χ2v) is 5.56. The van der Waals surface area contributed by atoms with Crippen LogP contribution in [0.1, 0.15) is 20.3 Å². The van der Waals surface area contributed by atoms with E-state index in [1.807, 2.05) is 14.0 Å². The molecule has 1 saturated heterocycles. The Morgan fingerprint density at radius 3 is 2.90 bits per heavy atom. The second kappa shape index (κ2) is 4.97. The van der Waals surface area contributed by atoms with Crippen molar-refractivity contribution in [3.05, 3.63) is 0 Å². The van der Waals surface area contributed by atoms with E-state index in [4.69, 9.17) is 10.5 Å². The molecular formula is C13H22N6O. The van der Waals surface area contributed by atoms with E-state index < -0.39 is 0 Å². The summed E-state index contributed by atoms with van der Waals surface area (Å²) in [5.41, 5.74) is 5.84. The third kappa shape index (κ3) is 2.22. The maximum atomic E-state index is 6.01. The highest BCUT2D eigenvalue weighted by molar-refractivity contribution is 5.69. The molecule has 0 saturated carbocycles. The van der Waals surface area contributed by atoms with Crippen molar-refractivity contribution in [1.82, 2.24) is 15.3 Å². The van der Waals surface area contributed by atoms with Gasteiger partial charge >= 0.3 is 0 Å². The molecule has 0 amide bonds. The summed E-state index contributed by atoms with van der Waals surface area (Å²) in [5, 5.41) is 6.64. The summed E-state index contributed by atoms with van der Waals surface area (Å²) in [5.74, 6) is 2.51. The van der Waals surface area contributed by atoms with Crippen molar-refractivity contribution in [1.29, 1.82) is 0 Å². The van der Waals surface area contributed by atoms with Gasteiger partial charge in [-0.15, -0.1) is 0 Å². The van der Waals surface area contributed by atoms with Crippen LogP contribution in [0.2, 0.25) is 0 Å². The van der Waals surface area contributed by atoms with Crippen LogP contribution >= 0.6 is 0 Å². The molecule has 0 aliphatic carbocycles. The molecule has 0 bridgehead atoms. The molecule has 1 fully saturated rings. The minimum atomic E-state index is 0.0798. The molecule has 2 aliphatic rings. The zero-order valence-electron chi connectivity index (χ0n) is 12.2. The van der Waals surface area contributed by atoms with Gasteiger partial charge in [0.2, 0.25) is 11.7 Å². The van der Waals surface area contributed by atoms with Gasteiger partial charge < -0.3 is 26.0 Å². The lowest BCUT2D eigenvalue weighted by Gasteiger charge is -2.32. The summed E-state index contributed by atoms with van der Waals surface area (Å²) in [6.45, 7) is 5.97. The molecule has 1 aromatic heterocycles. The van der Waals surface area contributed by atoms with Gasteiger partial charge in [-0.2, -0.15) is 9.97 Å². The predicted molar refractivity (Wildman–Crippen MR) is 79.3 cm³/mol. The molecule has 0 aromatic carbocycles. The van der Waals surface area contributed by atoms with Crippen molar-refractivity contribution in [3.8, 4) is 5.75 Å². The first-order valence-electron chi connectivity index (χ1n) is 7.11. The highest BCUT2D eigenvalue weighted by Gasteiger charge is 2.32. The Bertz CT molecular complexity index is 508. The van der Waals surface area contributed by atoms with Gasteiger partial charge in [0, 0.05) is 19.1 Å². The van der Waals surface area contributed by atoms with Crippen LogP contribution in [-0.4, -0.2) is 48.3 Å². The normalized spacial score (nSPS) is 28.8. The summed E-state index contributed by atoms with van der Waals surface area (Å²) < 4.78 is 6.01. The summed E-state index contributed by atoms with van der Waals surface area (Å²) >= 11 is 0. The topological polar surface area (TPSA) is 88.3 Å². The number of aromatic nitrogens is 2. The lowest BCUT2D eigenvalue weighted by Crippen LogP contribution is -2.39. The Balaban J connectivity index is 1.95. The van der Waals surface area contributed by atoms with Crippen LogP contribution in [0.5, 0.6) is 5.75 Å². The van der Waals surface area contributed by atoms with Crippen molar-refractivity contribution in [2.24, 2.45) is 0 Å². The third-order valence-electron chi connectivity index (χ3n) is 4.13. The summed E-state index contributed by atoms with van der Waals surface area (Å²) in [7, 11) is 1.99. The fraction of sp³-hybridized carbons (Fsp3) is 0.692. The smallest absolute Gasteiger partial charge is 0.224 e. The van der Waals surface area contributed by atoms with Crippen molar-refractivity contribution in [3.63, 3.8) is 0 Å². The number of anilines is 3. The quantitative estimate of drug-likeness (QED) is 0.723. The molecule has 1 aromatic rings. The maximum absolute atomic E-state index is 6.01. The third-order valence-corrected chi connectivity index (χ3v) is 4.13. The number of nitrogens with zero attached hydrogens (tertiary/aromatic N) is 3. The van der Waals surface area contributed by atoms with Crippen LogP contribution in [-0.2, 0) is 0 Å². The number of ether oxygens (including phenoxy) is 1. The number of nitrogen functional groups attached to an aromatic ring is 1. The van der Waals surface area contributed by atoms with Crippen molar-refractivity contribution < 1.29 is 4.74 Å². The molecule has 20 heavy (non-hydrogen) atoms. The molecule has 0 radical (unpaired) electrons. The molecule has 4 N–H and O–H groups in total. The fourth-order valence-electron chi connectivity index (χ4n) is 2.69. The molecule has 0 unspecified atom stereocenters. The Morgan fingerprint density at radius 1 is 1.40 bits per heavy atom. The van der Waals surface area contributed by atoms with Crippen LogP contribution in [0.4, 0.5) is 17.6 Å². The summed E-state index contributed by atoms with van der Waals surface area (Å²) in [4.78, 5) is 10.9. The van der Waals surface area contributed by atoms with Gasteiger partial charge in [-0.05, 0) is 27.3 Å². The standard InChI is InChI=1S/C13H22N6O/c1-7-8(2)20-10-11(16-7)17-13(14)18-12(10)19-5-4-9(6-19)15-3/h7-9,15H,4-6H2,1-3H3,(H3,14,16,17,18)/t7-,8-,9+/m0/s1. The van der Waals surface area contributed by atoms with Gasteiger partial charge in [0.15, 0.2) is 11.6 Å². The van der Waals surface area contributed by atoms with Crippen molar-refractivity contribution in [2.75, 3.05) is 36.1 Å². The SMILES string of the molecule is CN[C@@H]1CCN(c2nc(N)nc3c2O[C@@H](C)[C@H](C)N3)C1. The number of nitrogens with two attached hydrogens (primary N) is 1. The molecule has 0 spiro atoms. The van der Waals surface area contributed by atoms with E-state index in [1.54, 1.807) is 0 Å². The van der Waals surface area contributed by atoms with Gasteiger partial charge in [-0.25, -0.2) is 0 Å². The molecule has 7 nitrogen and oxygen atoms in total. The zero-order valence-corrected chi connectivity index (χ0v) is 12.2. The number of hydrogen-bond acceptors (Lipinski definition) is 7. The van der Waals surface area contributed by atoms with E-state index >= 15 is 0 Å². The fourth-order valence-corrected chi connectivity index (χ4v) is 2.69. The second-order valence-electron chi connectivity index (χ2n) is 5.56. The highest BCUT2D eigenvalue weighted by Crippen LogP contribution is 2.39. The Kier molecular flexibility index (Phi) is 3.29. The van der Waals surface area contributed by atoms with Gasteiger partial charge in [0.05, 0.1) is 6.04 Å². The van der Waals surface area contributed by atoms with Gasteiger partial charge in [-0.3, -0.25) is 0 Å². The predicted octanol–water partition coefficient (Wildman–Crippen LogP) is 0.438. The zero-order chi connectivity index (χ0) is 14.3. The van der Waals surface area contributed by atoms with E-state index in [0.29, 0.717) is 11.9 Å². The van der Waals surface area contributed by atoms with E-state index in [0.717, 1.165) is 31.1 Å². The van der Waals surface area contributed by atoms with E-state index in [2.05, 4.69) is 32.4 Å². The largest absolute Gasteiger partial charge is 0.481 e. The summed E-state index contributed by atoms with van der Waals surface area (Å²) in [6, 6.07) is 0.683. The molecule has 2 aliphatic heterocycles. The Hall–Kier alpha value is -1.76. The molecular weight excluding hydrogens is 256 g/mol. The number of likely N-dealkylation sites (N-methyl/N-ethyl adjacent to an activating group) is 1. The Morgan fingerprint density at radius 2 is 2.20 bits per heavy atom. The summed E-state index contributed by atoms with van der Waals surface area (Å²) in [6.07, 6.45) is 1.17. The monoisotopic (exact) mass is 278 g/mol. The Labute approximate surface area is 118 Å². The maximum Gasteiger partial charge on any atom is 0.224 e. The van der Waals surface area contributed by atoms with Gasteiger partial charge in [0.1, 0.15) is 6.10 Å². The van der Waals surface area contributed by atoms with E-state index in [9.17, 15) is 0 Å². The van der Waals surface area contributed by atoms with E-state index in [-0.39, 0.29) is 18.1 Å². The minimum absolute atomic E-state index is 0.0798. The van der Waals surface area contributed by atoms with Crippen molar-refractivity contribution >= 4 is 17.6 Å². The van der Waals surface area contributed by atoms with Gasteiger partial charge in [0.25, 0.3) is 0 Å². The number of nitrogens with one attached hydrogen (secondary N) is 2. The average Bonchev–Trinajstić information content (AvgIpc) is 2.88.